The maximum Gasteiger partial charge on any atom is 0.371 e. The van der Waals surface area contributed by atoms with E-state index < -0.39 is 5.97 Å². The summed E-state index contributed by atoms with van der Waals surface area (Å²) in [6.45, 7) is 0. The second-order valence-corrected chi connectivity index (χ2v) is 5.75. The average Bonchev–Trinajstić information content (AvgIpc) is 2.99. The van der Waals surface area contributed by atoms with Crippen LogP contribution in [-0.4, -0.2) is 11.1 Å². The molecule has 0 unspecified atom stereocenters. The van der Waals surface area contributed by atoms with Crippen LogP contribution in [0, 0.1) is 0 Å². The maximum absolute atomic E-state index is 11.2. The van der Waals surface area contributed by atoms with E-state index >= 15 is 0 Å². The summed E-state index contributed by atoms with van der Waals surface area (Å²) in [6.07, 6.45) is 0. The molecular weight excluding hydrogens is 312 g/mol. The first-order chi connectivity index (χ1) is 11.1. The van der Waals surface area contributed by atoms with E-state index in [1.54, 1.807) is 6.07 Å². The van der Waals surface area contributed by atoms with Crippen LogP contribution >= 0.6 is 11.6 Å². The highest BCUT2D eigenvalue weighted by Gasteiger charge is 2.15. The van der Waals surface area contributed by atoms with E-state index in [4.69, 9.17) is 21.1 Å². The Balaban J connectivity index is 2.12. The Morgan fingerprint density at radius 1 is 0.957 bits per heavy atom. The third-order valence-corrected chi connectivity index (χ3v) is 4.10. The van der Waals surface area contributed by atoms with Crippen molar-refractivity contribution in [3.63, 3.8) is 0 Å². The molecule has 1 N–H and O–H groups in total. The molecule has 0 aliphatic carbocycles. The van der Waals surface area contributed by atoms with Gasteiger partial charge in [-0.15, -0.1) is 0 Å². The van der Waals surface area contributed by atoms with Gasteiger partial charge in [-0.05, 0) is 40.8 Å². The lowest BCUT2D eigenvalue weighted by atomic mass is 9.96. The number of aromatic carboxylic acids is 1. The van der Waals surface area contributed by atoms with Crippen molar-refractivity contribution in [1.82, 2.24) is 0 Å². The normalized spacial score (nSPS) is 11.2. The third kappa shape index (κ3) is 2.26. The van der Waals surface area contributed by atoms with Gasteiger partial charge in [0.05, 0.1) is 0 Å². The standard InChI is InChI=1S/C19H11ClO3/c20-13-5-3-4-11(8-13)16-9-12-10-17(19(21)22)23-18(12)15-7-2-1-6-14(15)16/h1-10H,(H,21,22). The Hall–Kier alpha value is -2.78. The fourth-order valence-electron chi connectivity index (χ4n) is 2.87. The molecule has 0 spiro atoms. The largest absolute Gasteiger partial charge is 0.475 e. The fraction of sp³-hybridized carbons (Fsp3) is 0. The van der Waals surface area contributed by atoms with Crippen molar-refractivity contribution in [2.45, 2.75) is 0 Å². The molecule has 3 aromatic carbocycles. The number of hydrogen-bond acceptors (Lipinski definition) is 2. The van der Waals surface area contributed by atoms with E-state index in [1.165, 1.54) is 0 Å². The summed E-state index contributed by atoms with van der Waals surface area (Å²) in [5, 5.41) is 12.5. The number of carbonyl (C=O) groups is 1. The minimum absolute atomic E-state index is 0.0617. The number of rotatable bonds is 2. The summed E-state index contributed by atoms with van der Waals surface area (Å²) >= 11 is 6.11. The minimum atomic E-state index is -1.07. The van der Waals surface area contributed by atoms with Crippen molar-refractivity contribution in [1.29, 1.82) is 0 Å². The zero-order valence-corrected chi connectivity index (χ0v) is 12.7. The van der Waals surface area contributed by atoms with Gasteiger partial charge in [-0.2, -0.15) is 0 Å². The molecule has 0 amide bonds. The summed E-state index contributed by atoms with van der Waals surface area (Å²) in [7, 11) is 0. The van der Waals surface area contributed by atoms with Crippen LogP contribution < -0.4 is 0 Å². The van der Waals surface area contributed by atoms with Crippen LogP contribution in [0.4, 0.5) is 0 Å². The van der Waals surface area contributed by atoms with Crippen LogP contribution in [-0.2, 0) is 0 Å². The SMILES string of the molecule is O=C(O)c1cc2cc(-c3cccc(Cl)c3)c3ccccc3c2o1. The highest BCUT2D eigenvalue weighted by atomic mass is 35.5. The zero-order chi connectivity index (χ0) is 16.0. The van der Waals surface area contributed by atoms with E-state index in [0.717, 1.165) is 27.3 Å². The first-order valence-electron chi connectivity index (χ1n) is 7.08. The van der Waals surface area contributed by atoms with Crippen molar-refractivity contribution in [2.75, 3.05) is 0 Å². The summed E-state index contributed by atoms with van der Waals surface area (Å²) in [5.74, 6) is -1.14. The summed E-state index contributed by atoms with van der Waals surface area (Å²) in [5.41, 5.74) is 2.56. The van der Waals surface area contributed by atoms with E-state index in [0.29, 0.717) is 10.6 Å². The predicted molar refractivity (Wildman–Crippen MR) is 91.1 cm³/mol. The van der Waals surface area contributed by atoms with E-state index in [-0.39, 0.29) is 5.76 Å². The summed E-state index contributed by atoms with van der Waals surface area (Å²) in [4.78, 5) is 11.2. The smallest absolute Gasteiger partial charge is 0.371 e. The van der Waals surface area contributed by atoms with Crippen LogP contribution in [0.3, 0.4) is 0 Å². The molecule has 0 fully saturated rings. The van der Waals surface area contributed by atoms with Crippen molar-refractivity contribution >= 4 is 39.3 Å². The Kier molecular flexibility index (Phi) is 3.10. The van der Waals surface area contributed by atoms with Crippen LogP contribution in [0.25, 0.3) is 32.9 Å². The molecule has 4 rings (SSSR count). The topological polar surface area (TPSA) is 50.4 Å². The number of hydrogen-bond donors (Lipinski definition) is 1. The van der Waals surface area contributed by atoms with Gasteiger partial charge < -0.3 is 9.52 Å². The Bertz CT molecular complexity index is 1060. The lowest BCUT2D eigenvalue weighted by Crippen LogP contribution is -1.91. The van der Waals surface area contributed by atoms with Crippen molar-refractivity contribution in [3.8, 4) is 11.1 Å². The highest BCUT2D eigenvalue weighted by Crippen LogP contribution is 2.36. The van der Waals surface area contributed by atoms with E-state index in [2.05, 4.69) is 0 Å². The molecule has 0 bridgehead atoms. The number of halogens is 1. The number of carboxylic acids is 1. The molecule has 3 nitrogen and oxygen atoms in total. The van der Waals surface area contributed by atoms with Crippen LogP contribution in [0.15, 0.2) is 65.1 Å². The van der Waals surface area contributed by atoms with Crippen molar-refractivity contribution in [2.24, 2.45) is 0 Å². The molecule has 1 heterocycles. The Labute approximate surface area is 136 Å². The van der Waals surface area contributed by atoms with Crippen LogP contribution in [0.2, 0.25) is 5.02 Å². The van der Waals surface area contributed by atoms with Gasteiger partial charge in [0.2, 0.25) is 5.76 Å². The quantitative estimate of drug-likeness (QED) is 0.522. The number of furan rings is 1. The van der Waals surface area contributed by atoms with Crippen molar-refractivity contribution < 1.29 is 14.3 Å². The average molecular weight is 323 g/mol. The third-order valence-electron chi connectivity index (χ3n) is 3.87. The van der Waals surface area contributed by atoms with E-state index in [9.17, 15) is 4.79 Å². The second kappa shape index (κ2) is 5.14. The highest BCUT2D eigenvalue weighted by molar-refractivity contribution is 6.31. The molecule has 112 valence electrons. The molecule has 0 saturated carbocycles. The maximum atomic E-state index is 11.2. The van der Waals surface area contributed by atoms with Gasteiger partial charge in [-0.1, -0.05) is 48.0 Å². The second-order valence-electron chi connectivity index (χ2n) is 5.31. The van der Waals surface area contributed by atoms with Gasteiger partial charge in [-0.3, -0.25) is 0 Å². The molecule has 0 atom stereocenters. The Morgan fingerprint density at radius 3 is 2.48 bits per heavy atom. The number of fused-ring (bicyclic) bond motifs is 3. The lowest BCUT2D eigenvalue weighted by Gasteiger charge is -2.08. The van der Waals surface area contributed by atoms with Gasteiger partial charge in [0.25, 0.3) is 0 Å². The zero-order valence-electron chi connectivity index (χ0n) is 11.9. The monoisotopic (exact) mass is 322 g/mol. The number of carboxylic acid groups (broad SMARTS) is 1. The van der Waals surface area contributed by atoms with Gasteiger partial charge in [0.15, 0.2) is 0 Å². The van der Waals surface area contributed by atoms with Gasteiger partial charge in [0, 0.05) is 15.8 Å². The molecule has 4 aromatic rings. The summed E-state index contributed by atoms with van der Waals surface area (Å²) in [6, 6.07) is 18.9. The van der Waals surface area contributed by atoms with Gasteiger partial charge in [-0.25, -0.2) is 4.79 Å². The molecule has 0 aliphatic heterocycles. The molecule has 23 heavy (non-hydrogen) atoms. The van der Waals surface area contributed by atoms with Gasteiger partial charge in [0.1, 0.15) is 5.58 Å². The molecule has 0 radical (unpaired) electrons. The molecule has 4 heteroatoms. The van der Waals surface area contributed by atoms with Crippen LogP contribution in [0.1, 0.15) is 10.6 Å². The lowest BCUT2D eigenvalue weighted by molar-refractivity contribution is 0.0665. The molecule has 0 aliphatic rings. The van der Waals surface area contributed by atoms with Gasteiger partial charge >= 0.3 is 5.97 Å². The number of benzene rings is 3. The molecule has 1 aromatic heterocycles. The fourth-order valence-corrected chi connectivity index (χ4v) is 3.06. The molecule has 0 saturated heterocycles. The first kappa shape index (κ1) is 13.9. The molecular formula is C19H11ClO3. The van der Waals surface area contributed by atoms with Crippen LogP contribution in [0.5, 0.6) is 0 Å². The van der Waals surface area contributed by atoms with Crippen molar-refractivity contribution in [3.05, 3.63) is 71.4 Å². The van der Waals surface area contributed by atoms with E-state index in [1.807, 2.05) is 54.6 Å². The minimum Gasteiger partial charge on any atom is -0.475 e. The Morgan fingerprint density at radius 2 is 1.74 bits per heavy atom. The predicted octanol–water partition coefficient (Wildman–Crippen LogP) is 5.60. The first-order valence-corrected chi connectivity index (χ1v) is 7.46. The summed E-state index contributed by atoms with van der Waals surface area (Å²) < 4.78 is 5.53.